The van der Waals surface area contributed by atoms with Gasteiger partial charge in [0.05, 0.1) is 22.2 Å². The molecule has 0 fully saturated rings. The number of para-hydroxylation sites is 2. The highest BCUT2D eigenvalue weighted by atomic mass is 32.2. The zero-order valence-corrected chi connectivity index (χ0v) is 17.1. The quantitative estimate of drug-likeness (QED) is 0.438. The van der Waals surface area contributed by atoms with Gasteiger partial charge in [-0.2, -0.15) is 0 Å². The molecular weight excluding hydrogens is 398 g/mol. The lowest BCUT2D eigenvalue weighted by atomic mass is 10.2. The van der Waals surface area contributed by atoms with Crippen LogP contribution in [-0.4, -0.2) is 29.1 Å². The van der Waals surface area contributed by atoms with Gasteiger partial charge in [0.1, 0.15) is 11.6 Å². The first-order valence-corrected chi connectivity index (χ1v) is 10.7. The molecule has 2 aromatic carbocycles. The van der Waals surface area contributed by atoms with Crippen molar-refractivity contribution in [2.24, 2.45) is 0 Å². The van der Waals surface area contributed by atoms with E-state index in [9.17, 15) is 4.79 Å². The summed E-state index contributed by atoms with van der Waals surface area (Å²) < 4.78 is 3.62. The van der Waals surface area contributed by atoms with Gasteiger partial charge in [-0.05, 0) is 30.7 Å². The summed E-state index contributed by atoms with van der Waals surface area (Å²) in [6.45, 7) is 2.62. The average Bonchev–Trinajstić information content (AvgIpc) is 3.19. The molecule has 3 aromatic heterocycles. The lowest BCUT2D eigenvalue weighted by Crippen LogP contribution is -2.23. The summed E-state index contributed by atoms with van der Waals surface area (Å²) in [4.78, 5) is 22.0. The van der Waals surface area contributed by atoms with E-state index in [1.807, 2.05) is 59.9 Å². The molecule has 0 aliphatic rings. The van der Waals surface area contributed by atoms with Crippen molar-refractivity contribution < 1.29 is 0 Å². The van der Waals surface area contributed by atoms with E-state index in [1.54, 1.807) is 4.57 Å². The molecule has 5 rings (SSSR count). The monoisotopic (exact) mass is 417 g/mol. The Morgan fingerprint density at radius 3 is 2.60 bits per heavy atom. The van der Waals surface area contributed by atoms with Crippen molar-refractivity contribution in [3.8, 4) is 0 Å². The smallest absolute Gasteiger partial charge is 0.262 e. The number of fused-ring (bicyclic) bond motifs is 4. The highest BCUT2D eigenvalue weighted by molar-refractivity contribution is 7.98. The maximum Gasteiger partial charge on any atom is 0.262 e. The molecule has 0 aliphatic heterocycles. The molecule has 150 valence electrons. The number of anilines is 1. The molecule has 0 radical (unpaired) electrons. The van der Waals surface area contributed by atoms with Gasteiger partial charge in [0, 0.05) is 11.9 Å². The molecule has 30 heavy (non-hydrogen) atoms. The molecule has 0 amide bonds. The Bertz CT molecular complexity index is 1460. The SMILES string of the molecule is CCCn1c(=O)c2ccccc2n2c(SCc3nc(N)c4ccccc4n3)nnc12. The first-order chi connectivity index (χ1) is 14.7. The second-order valence-electron chi connectivity index (χ2n) is 6.92. The number of nitrogens with zero attached hydrogens (tertiary/aromatic N) is 6. The number of rotatable bonds is 5. The van der Waals surface area contributed by atoms with Crippen molar-refractivity contribution in [2.75, 3.05) is 5.73 Å². The molecule has 0 spiro atoms. The van der Waals surface area contributed by atoms with E-state index in [0.717, 1.165) is 22.8 Å². The summed E-state index contributed by atoms with van der Waals surface area (Å²) in [5.41, 5.74) is 7.66. The summed E-state index contributed by atoms with van der Waals surface area (Å²) in [5.74, 6) is 2.11. The number of hydrogen-bond acceptors (Lipinski definition) is 7. The second-order valence-corrected chi connectivity index (χ2v) is 7.87. The maximum absolute atomic E-state index is 12.9. The van der Waals surface area contributed by atoms with E-state index in [1.165, 1.54) is 11.8 Å². The number of aryl methyl sites for hydroxylation is 1. The number of nitrogens with two attached hydrogens (primary N) is 1. The van der Waals surface area contributed by atoms with Gasteiger partial charge < -0.3 is 5.73 Å². The van der Waals surface area contributed by atoms with Crippen LogP contribution < -0.4 is 11.3 Å². The van der Waals surface area contributed by atoms with Gasteiger partial charge >= 0.3 is 0 Å². The molecule has 0 bridgehead atoms. The summed E-state index contributed by atoms with van der Waals surface area (Å²) in [7, 11) is 0. The molecule has 8 nitrogen and oxygen atoms in total. The van der Waals surface area contributed by atoms with Crippen molar-refractivity contribution >= 4 is 45.2 Å². The van der Waals surface area contributed by atoms with Crippen LogP contribution >= 0.6 is 11.8 Å². The summed E-state index contributed by atoms with van der Waals surface area (Å²) in [5, 5.41) is 10.8. The normalized spacial score (nSPS) is 11.6. The van der Waals surface area contributed by atoms with Crippen molar-refractivity contribution in [3.05, 3.63) is 64.7 Å². The van der Waals surface area contributed by atoms with Crippen LogP contribution in [0.4, 0.5) is 5.82 Å². The fourth-order valence-electron chi connectivity index (χ4n) is 3.60. The fraction of sp³-hybridized carbons (Fsp3) is 0.190. The minimum Gasteiger partial charge on any atom is -0.383 e. The van der Waals surface area contributed by atoms with E-state index in [0.29, 0.717) is 40.3 Å². The third-order valence-electron chi connectivity index (χ3n) is 4.93. The highest BCUT2D eigenvalue weighted by Crippen LogP contribution is 2.25. The zero-order chi connectivity index (χ0) is 20.7. The highest BCUT2D eigenvalue weighted by Gasteiger charge is 2.17. The Hall–Kier alpha value is -3.46. The third-order valence-corrected chi connectivity index (χ3v) is 5.86. The van der Waals surface area contributed by atoms with E-state index in [2.05, 4.69) is 20.2 Å². The molecule has 0 saturated heterocycles. The van der Waals surface area contributed by atoms with Gasteiger partial charge in [-0.1, -0.05) is 43.0 Å². The van der Waals surface area contributed by atoms with Crippen LogP contribution in [0.25, 0.3) is 27.6 Å². The molecule has 3 heterocycles. The van der Waals surface area contributed by atoms with E-state index in [-0.39, 0.29) is 5.56 Å². The standard InChI is InChI=1S/C21H19N7OS/c1-2-11-27-19(29)14-8-4-6-10-16(14)28-20(27)25-26-21(28)30-12-17-23-15-9-5-3-7-13(15)18(22)24-17/h3-10H,2,11-12H2,1H3,(H2,22,23,24). The first kappa shape index (κ1) is 18.6. The molecule has 9 heteroatoms. The first-order valence-electron chi connectivity index (χ1n) is 9.68. The summed E-state index contributed by atoms with van der Waals surface area (Å²) >= 11 is 1.47. The topological polar surface area (TPSA) is 104 Å². The van der Waals surface area contributed by atoms with Crippen LogP contribution in [0.5, 0.6) is 0 Å². The number of benzene rings is 2. The molecule has 0 aliphatic carbocycles. The van der Waals surface area contributed by atoms with Crippen molar-refractivity contribution in [2.45, 2.75) is 30.8 Å². The molecule has 5 aromatic rings. The van der Waals surface area contributed by atoms with Crippen LogP contribution in [0.2, 0.25) is 0 Å². The van der Waals surface area contributed by atoms with Crippen LogP contribution in [0, 0.1) is 0 Å². The maximum atomic E-state index is 12.9. The number of hydrogen-bond donors (Lipinski definition) is 1. The third kappa shape index (κ3) is 2.98. The van der Waals surface area contributed by atoms with Gasteiger partial charge in [0.15, 0.2) is 5.16 Å². The molecule has 0 unspecified atom stereocenters. The molecular formula is C21H19N7OS. The predicted molar refractivity (Wildman–Crippen MR) is 119 cm³/mol. The van der Waals surface area contributed by atoms with Crippen LogP contribution in [0.1, 0.15) is 19.2 Å². The molecule has 0 atom stereocenters. The van der Waals surface area contributed by atoms with Gasteiger partial charge in [-0.25, -0.2) is 9.97 Å². The van der Waals surface area contributed by atoms with Crippen LogP contribution in [0.15, 0.2) is 58.5 Å². The van der Waals surface area contributed by atoms with Crippen LogP contribution in [0.3, 0.4) is 0 Å². The van der Waals surface area contributed by atoms with Gasteiger partial charge in [0.25, 0.3) is 5.56 Å². The van der Waals surface area contributed by atoms with Crippen LogP contribution in [-0.2, 0) is 12.3 Å². The van der Waals surface area contributed by atoms with Crippen molar-refractivity contribution in [1.29, 1.82) is 0 Å². The Labute approximate surface area is 175 Å². The Morgan fingerprint density at radius 2 is 1.77 bits per heavy atom. The van der Waals surface area contributed by atoms with Crippen molar-refractivity contribution in [3.63, 3.8) is 0 Å². The van der Waals surface area contributed by atoms with E-state index < -0.39 is 0 Å². The zero-order valence-electron chi connectivity index (χ0n) is 16.3. The molecule has 2 N–H and O–H groups in total. The van der Waals surface area contributed by atoms with Crippen molar-refractivity contribution in [1.82, 2.24) is 29.1 Å². The number of thioether (sulfide) groups is 1. The fourth-order valence-corrected chi connectivity index (χ4v) is 4.39. The summed E-state index contributed by atoms with van der Waals surface area (Å²) in [6.07, 6.45) is 0.827. The summed E-state index contributed by atoms with van der Waals surface area (Å²) in [6, 6.07) is 15.2. The predicted octanol–water partition coefficient (Wildman–Crippen LogP) is 3.27. The minimum absolute atomic E-state index is 0.0467. The lowest BCUT2D eigenvalue weighted by Gasteiger charge is -2.10. The molecule has 0 saturated carbocycles. The van der Waals surface area contributed by atoms with Gasteiger partial charge in [-0.15, -0.1) is 10.2 Å². The number of aromatic nitrogens is 6. The average molecular weight is 417 g/mol. The number of nitrogen functional groups attached to an aromatic ring is 1. The van der Waals surface area contributed by atoms with E-state index in [4.69, 9.17) is 5.73 Å². The second kappa shape index (κ2) is 7.42. The largest absolute Gasteiger partial charge is 0.383 e. The minimum atomic E-state index is -0.0467. The van der Waals surface area contributed by atoms with Gasteiger partial charge in [-0.3, -0.25) is 13.8 Å². The van der Waals surface area contributed by atoms with Gasteiger partial charge in [0.2, 0.25) is 5.78 Å². The van der Waals surface area contributed by atoms with E-state index >= 15 is 0 Å². The Balaban J connectivity index is 1.60. The Morgan fingerprint density at radius 1 is 1.00 bits per heavy atom. The Kier molecular flexibility index (Phi) is 4.59. The lowest BCUT2D eigenvalue weighted by molar-refractivity contribution is 0.662.